The molecule has 0 rings (SSSR count). The number of aliphatic hydroxyl groups excluding tert-OH is 5. The summed E-state index contributed by atoms with van der Waals surface area (Å²) in [4.78, 5) is 0. The average Bonchev–Trinajstić information content (AvgIpc) is 2.46. The Balaban J connectivity index is 5.65. The molecule has 0 aromatic rings. The maximum atomic E-state index is 9.53. The van der Waals surface area contributed by atoms with E-state index < -0.39 is 5.41 Å². The second-order valence-corrected chi connectivity index (χ2v) is 6.03. The molecule has 21 heavy (non-hydrogen) atoms. The molecular weight excluding hydrogens is 272 g/mol. The number of unbranched alkanes of at least 4 members (excludes halogenated alkanes) is 1. The van der Waals surface area contributed by atoms with Gasteiger partial charge in [0.15, 0.2) is 0 Å². The van der Waals surface area contributed by atoms with E-state index in [1.165, 1.54) is 0 Å². The SMILES string of the molecule is CCCCC(CCO)(CCO)C(CCO)(CCO)CCO. The molecule has 5 N–H and O–H groups in total. The molecule has 0 fully saturated rings. The molecule has 0 aromatic carbocycles. The Bertz CT molecular complexity index is 222. The van der Waals surface area contributed by atoms with Crippen LogP contribution in [0.1, 0.15) is 58.3 Å². The first-order valence-corrected chi connectivity index (χ1v) is 8.16. The highest BCUT2D eigenvalue weighted by atomic mass is 16.3. The van der Waals surface area contributed by atoms with E-state index >= 15 is 0 Å². The van der Waals surface area contributed by atoms with Crippen LogP contribution in [0.15, 0.2) is 0 Å². The predicted octanol–water partition coefficient (Wildman–Crippen LogP) is 1.06. The smallest absolute Gasteiger partial charge is 0.0436 e. The quantitative estimate of drug-likeness (QED) is 0.330. The minimum Gasteiger partial charge on any atom is -0.396 e. The minimum atomic E-state index is -0.452. The van der Waals surface area contributed by atoms with Crippen LogP contribution in [0.5, 0.6) is 0 Å². The Hall–Kier alpha value is -0.200. The van der Waals surface area contributed by atoms with E-state index in [9.17, 15) is 25.5 Å². The van der Waals surface area contributed by atoms with Crippen LogP contribution in [-0.2, 0) is 0 Å². The zero-order valence-electron chi connectivity index (χ0n) is 13.4. The fourth-order valence-corrected chi connectivity index (χ4v) is 3.93. The van der Waals surface area contributed by atoms with Crippen molar-refractivity contribution in [2.75, 3.05) is 33.0 Å². The van der Waals surface area contributed by atoms with Crippen LogP contribution in [0.2, 0.25) is 0 Å². The van der Waals surface area contributed by atoms with Crippen molar-refractivity contribution in [3.05, 3.63) is 0 Å². The molecule has 0 spiro atoms. The summed E-state index contributed by atoms with van der Waals surface area (Å²) >= 11 is 0. The molecule has 128 valence electrons. The van der Waals surface area contributed by atoms with Gasteiger partial charge in [0.25, 0.3) is 0 Å². The van der Waals surface area contributed by atoms with Gasteiger partial charge in [0.05, 0.1) is 0 Å². The van der Waals surface area contributed by atoms with Gasteiger partial charge in [-0.1, -0.05) is 19.8 Å². The number of hydrogen-bond acceptors (Lipinski definition) is 5. The molecule has 0 atom stereocenters. The second kappa shape index (κ2) is 11.4. The van der Waals surface area contributed by atoms with E-state index in [2.05, 4.69) is 6.92 Å². The fraction of sp³-hybridized carbons (Fsp3) is 1.00. The van der Waals surface area contributed by atoms with Crippen LogP contribution in [0.4, 0.5) is 0 Å². The molecule has 0 heterocycles. The molecule has 0 amide bonds. The lowest BCUT2D eigenvalue weighted by Crippen LogP contribution is -2.46. The van der Waals surface area contributed by atoms with Crippen LogP contribution in [0, 0.1) is 10.8 Å². The van der Waals surface area contributed by atoms with E-state index in [1.54, 1.807) is 0 Å². The van der Waals surface area contributed by atoms with Gasteiger partial charge < -0.3 is 25.5 Å². The van der Waals surface area contributed by atoms with Gasteiger partial charge in [-0.2, -0.15) is 0 Å². The van der Waals surface area contributed by atoms with Crippen LogP contribution >= 0.6 is 0 Å². The van der Waals surface area contributed by atoms with Crippen molar-refractivity contribution < 1.29 is 25.5 Å². The standard InChI is InChI=1S/C16H34O5/c1-2-3-4-15(5-10-17,6-11-18)16(7-12-19,8-13-20)9-14-21/h17-21H,2-14H2,1H3. The lowest BCUT2D eigenvalue weighted by atomic mass is 9.54. The highest BCUT2D eigenvalue weighted by molar-refractivity contribution is 4.98. The lowest BCUT2D eigenvalue weighted by Gasteiger charge is -2.51. The minimum absolute atomic E-state index is 0.00769. The van der Waals surface area contributed by atoms with Crippen molar-refractivity contribution in [1.82, 2.24) is 0 Å². The Kier molecular flexibility index (Phi) is 11.3. The van der Waals surface area contributed by atoms with E-state index in [4.69, 9.17) is 0 Å². The maximum absolute atomic E-state index is 9.53. The Morgan fingerprint density at radius 1 is 0.524 bits per heavy atom. The first-order chi connectivity index (χ1) is 10.1. The summed E-state index contributed by atoms with van der Waals surface area (Å²) in [6, 6.07) is 0. The zero-order valence-corrected chi connectivity index (χ0v) is 13.4. The van der Waals surface area contributed by atoms with Gasteiger partial charge in [-0.3, -0.25) is 0 Å². The van der Waals surface area contributed by atoms with Crippen molar-refractivity contribution in [2.24, 2.45) is 10.8 Å². The Morgan fingerprint density at radius 2 is 0.810 bits per heavy atom. The molecule has 0 unspecified atom stereocenters. The second-order valence-electron chi connectivity index (χ2n) is 6.03. The van der Waals surface area contributed by atoms with Crippen molar-refractivity contribution in [3.8, 4) is 0 Å². The topological polar surface area (TPSA) is 101 Å². The molecule has 0 saturated heterocycles. The monoisotopic (exact) mass is 306 g/mol. The van der Waals surface area contributed by atoms with Gasteiger partial charge in [0, 0.05) is 33.0 Å². The van der Waals surface area contributed by atoms with E-state index in [0.29, 0.717) is 32.1 Å². The maximum Gasteiger partial charge on any atom is 0.0436 e. The lowest BCUT2D eigenvalue weighted by molar-refractivity contribution is -0.0659. The van der Waals surface area contributed by atoms with Crippen LogP contribution in [0.25, 0.3) is 0 Å². The Morgan fingerprint density at radius 3 is 1.05 bits per heavy atom. The molecule has 0 aliphatic carbocycles. The zero-order chi connectivity index (χ0) is 16.2. The normalized spacial score (nSPS) is 12.9. The van der Waals surface area contributed by atoms with Crippen LogP contribution in [0.3, 0.4) is 0 Å². The van der Waals surface area contributed by atoms with Gasteiger partial charge in [-0.05, 0) is 49.4 Å². The third kappa shape index (κ3) is 5.49. The third-order valence-electron chi connectivity index (χ3n) is 5.09. The van der Waals surface area contributed by atoms with Gasteiger partial charge in [-0.15, -0.1) is 0 Å². The summed E-state index contributed by atoms with van der Waals surface area (Å²) in [5, 5.41) is 47.5. The van der Waals surface area contributed by atoms with E-state index in [0.717, 1.165) is 19.3 Å². The molecule has 0 aliphatic heterocycles. The average molecular weight is 306 g/mol. The highest BCUT2D eigenvalue weighted by Gasteiger charge is 2.48. The number of rotatable bonds is 14. The van der Waals surface area contributed by atoms with E-state index in [-0.39, 0.29) is 38.4 Å². The van der Waals surface area contributed by atoms with Gasteiger partial charge >= 0.3 is 0 Å². The summed E-state index contributed by atoms with van der Waals surface area (Å²) < 4.78 is 0. The number of aliphatic hydroxyl groups is 5. The molecule has 0 aliphatic rings. The highest BCUT2D eigenvalue weighted by Crippen LogP contribution is 2.55. The summed E-state index contributed by atoms with van der Waals surface area (Å²) in [6.07, 6.45) is 5.25. The first-order valence-electron chi connectivity index (χ1n) is 8.16. The molecule has 0 aromatic heterocycles. The molecule has 0 bridgehead atoms. The number of hydrogen-bond donors (Lipinski definition) is 5. The van der Waals surface area contributed by atoms with Crippen molar-refractivity contribution in [1.29, 1.82) is 0 Å². The van der Waals surface area contributed by atoms with Crippen molar-refractivity contribution in [2.45, 2.75) is 58.3 Å². The van der Waals surface area contributed by atoms with Crippen LogP contribution < -0.4 is 0 Å². The fourth-order valence-electron chi connectivity index (χ4n) is 3.93. The predicted molar refractivity (Wildman–Crippen MR) is 82.9 cm³/mol. The summed E-state index contributed by atoms with van der Waals surface area (Å²) in [5.74, 6) is 0. The summed E-state index contributed by atoms with van der Waals surface area (Å²) in [7, 11) is 0. The summed E-state index contributed by atoms with van der Waals surface area (Å²) in [6.45, 7) is 2.04. The molecule has 0 radical (unpaired) electrons. The largest absolute Gasteiger partial charge is 0.396 e. The van der Waals surface area contributed by atoms with Crippen molar-refractivity contribution >= 4 is 0 Å². The third-order valence-corrected chi connectivity index (χ3v) is 5.09. The van der Waals surface area contributed by atoms with Gasteiger partial charge in [0.2, 0.25) is 0 Å². The van der Waals surface area contributed by atoms with Crippen molar-refractivity contribution in [3.63, 3.8) is 0 Å². The van der Waals surface area contributed by atoms with E-state index in [1.807, 2.05) is 0 Å². The van der Waals surface area contributed by atoms with Gasteiger partial charge in [0.1, 0.15) is 0 Å². The first kappa shape index (κ1) is 20.8. The summed E-state index contributed by atoms with van der Waals surface area (Å²) in [5.41, 5.74) is -0.813. The van der Waals surface area contributed by atoms with Crippen LogP contribution in [-0.4, -0.2) is 58.6 Å². The molecule has 5 heteroatoms. The van der Waals surface area contributed by atoms with Gasteiger partial charge in [-0.25, -0.2) is 0 Å². The molecule has 5 nitrogen and oxygen atoms in total. The molecule has 0 saturated carbocycles. The molecular formula is C16H34O5. The Labute approximate surface area is 128 Å².